The average Bonchev–Trinajstić information content (AvgIpc) is 2.40. The summed E-state index contributed by atoms with van der Waals surface area (Å²) in [6.45, 7) is 6.92. The number of aromatic nitrogens is 1. The van der Waals surface area contributed by atoms with Crippen molar-refractivity contribution in [2.45, 2.75) is 39.7 Å². The zero-order valence-corrected chi connectivity index (χ0v) is 10.8. The minimum Gasteiger partial charge on any atom is -0.392 e. The summed E-state index contributed by atoms with van der Waals surface area (Å²) in [5.74, 6) is 1.04. The lowest BCUT2D eigenvalue weighted by Crippen LogP contribution is -2.38. The molecule has 3 heteroatoms. The Balaban J connectivity index is 2.00. The Labute approximate surface area is 103 Å². The van der Waals surface area contributed by atoms with Gasteiger partial charge in [-0.25, -0.2) is 4.98 Å². The van der Waals surface area contributed by atoms with E-state index in [2.05, 4.69) is 23.7 Å². The number of rotatable bonds is 3. The van der Waals surface area contributed by atoms with Gasteiger partial charge in [-0.05, 0) is 29.9 Å². The topological polar surface area (TPSA) is 36.4 Å². The molecule has 2 heterocycles. The van der Waals surface area contributed by atoms with E-state index in [9.17, 15) is 0 Å². The molecule has 1 aromatic rings. The fourth-order valence-electron chi connectivity index (χ4n) is 2.33. The van der Waals surface area contributed by atoms with E-state index in [1.165, 1.54) is 19.3 Å². The maximum Gasteiger partial charge on any atom is 0.128 e. The van der Waals surface area contributed by atoms with Crippen LogP contribution >= 0.6 is 0 Å². The predicted molar refractivity (Wildman–Crippen MR) is 70.0 cm³/mol. The molecule has 0 spiro atoms. The third-order valence-electron chi connectivity index (χ3n) is 4.14. The SMILES string of the molecule is CCC1(C)CCN(c2ccc(CO)cn2)CC1. The second-order valence-electron chi connectivity index (χ2n) is 5.33. The number of hydrogen-bond donors (Lipinski definition) is 1. The molecule has 0 amide bonds. The van der Waals surface area contributed by atoms with Crippen LogP contribution < -0.4 is 4.90 Å². The van der Waals surface area contributed by atoms with Gasteiger partial charge < -0.3 is 10.0 Å². The zero-order chi connectivity index (χ0) is 12.3. The highest BCUT2D eigenvalue weighted by Gasteiger charge is 2.28. The maximum atomic E-state index is 8.99. The van der Waals surface area contributed by atoms with Crippen molar-refractivity contribution in [2.24, 2.45) is 5.41 Å². The summed E-state index contributed by atoms with van der Waals surface area (Å²) in [5.41, 5.74) is 1.39. The molecule has 1 aliphatic rings. The Hall–Kier alpha value is -1.09. The predicted octanol–water partition coefficient (Wildman–Crippen LogP) is 2.59. The number of pyridine rings is 1. The van der Waals surface area contributed by atoms with Crippen LogP contribution in [0.3, 0.4) is 0 Å². The summed E-state index contributed by atoms with van der Waals surface area (Å²) in [7, 11) is 0. The first-order valence-electron chi connectivity index (χ1n) is 6.47. The van der Waals surface area contributed by atoms with Gasteiger partial charge in [-0.2, -0.15) is 0 Å². The molecule has 1 saturated heterocycles. The lowest BCUT2D eigenvalue weighted by molar-refractivity contribution is 0.237. The fourth-order valence-corrected chi connectivity index (χ4v) is 2.33. The van der Waals surface area contributed by atoms with Crippen molar-refractivity contribution < 1.29 is 5.11 Å². The van der Waals surface area contributed by atoms with Crippen molar-refractivity contribution in [3.8, 4) is 0 Å². The van der Waals surface area contributed by atoms with Gasteiger partial charge in [0, 0.05) is 19.3 Å². The van der Waals surface area contributed by atoms with Crippen LogP contribution in [0.25, 0.3) is 0 Å². The Morgan fingerprint density at radius 1 is 1.35 bits per heavy atom. The molecule has 94 valence electrons. The zero-order valence-electron chi connectivity index (χ0n) is 10.8. The lowest BCUT2D eigenvalue weighted by atomic mass is 9.78. The number of aliphatic hydroxyl groups excluding tert-OH is 1. The smallest absolute Gasteiger partial charge is 0.128 e. The molecule has 1 aliphatic heterocycles. The largest absolute Gasteiger partial charge is 0.392 e. The van der Waals surface area contributed by atoms with Crippen LogP contribution in [0.4, 0.5) is 5.82 Å². The molecule has 0 aromatic carbocycles. The van der Waals surface area contributed by atoms with Crippen molar-refractivity contribution in [1.82, 2.24) is 4.98 Å². The van der Waals surface area contributed by atoms with Crippen LogP contribution in [0.2, 0.25) is 0 Å². The first-order valence-corrected chi connectivity index (χ1v) is 6.47. The highest BCUT2D eigenvalue weighted by Crippen LogP contribution is 2.35. The van der Waals surface area contributed by atoms with Crippen LogP contribution in [0.15, 0.2) is 18.3 Å². The van der Waals surface area contributed by atoms with Crippen LogP contribution in [-0.2, 0) is 6.61 Å². The number of anilines is 1. The Kier molecular flexibility index (Phi) is 3.67. The van der Waals surface area contributed by atoms with Crippen molar-refractivity contribution >= 4 is 5.82 Å². The molecule has 0 saturated carbocycles. The van der Waals surface area contributed by atoms with E-state index in [-0.39, 0.29) is 6.61 Å². The third-order valence-corrected chi connectivity index (χ3v) is 4.14. The van der Waals surface area contributed by atoms with Crippen LogP contribution in [0, 0.1) is 5.41 Å². The second kappa shape index (κ2) is 5.05. The normalized spacial score (nSPS) is 19.4. The van der Waals surface area contributed by atoms with Gasteiger partial charge in [0.1, 0.15) is 5.82 Å². The molecule has 1 aromatic heterocycles. The highest BCUT2D eigenvalue weighted by atomic mass is 16.3. The minimum atomic E-state index is 0.0706. The molecular formula is C14H22N2O. The molecule has 3 nitrogen and oxygen atoms in total. The molecule has 17 heavy (non-hydrogen) atoms. The van der Waals surface area contributed by atoms with Gasteiger partial charge in [-0.1, -0.05) is 26.3 Å². The summed E-state index contributed by atoms with van der Waals surface area (Å²) < 4.78 is 0. The van der Waals surface area contributed by atoms with E-state index >= 15 is 0 Å². The van der Waals surface area contributed by atoms with Crippen molar-refractivity contribution in [3.05, 3.63) is 23.9 Å². The number of aliphatic hydroxyl groups is 1. The average molecular weight is 234 g/mol. The molecule has 0 radical (unpaired) electrons. The van der Waals surface area contributed by atoms with E-state index in [1.807, 2.05) is 12.1 Å². The summed E-state index contributed by atoms with van der Waals surface area (Å²) in [6, 6.07) is 3.97. The van der Waals surface area contributed by atoms with Crippen LogP contribution in [0.5, 0.6) is 0 Å². The molecule has 1 N–H and O–H groups in total. The lowest BCUT2D eigenvalue weighted by Gasteiger charge is -2.39. The number of nitrogens with zero attached hydrogens (tertiary/aromatic N) is 2. The molecule has 0 bridgehead atoms. The van der Waals surface area contributed by atoms with E-state index in [4.69, 9.17) is 5.11 Å². The van der Waals surface area contributed by atoms with Crippen molar-refractivity contribution in [2.75, 3.05) is 18.0 Å². The second-order valence-corrected chi connectivity index (χ2v) is 5.33. The van der Waals surface area contributed by atoms with E-state index in [0.717, 1.165) is 24.5 Å². The van der Waals surface area contributed by atoms with Gasteiger partial charge in [0.15, 0.2) is 0 Å². The van der Waals surface area contributed by atoms with Gasteiger partial charge in [0.2, 0.25) is 0 Å². The van der Waals surface area contributed by atoms with Gasteiger partial charge in [0.05, 0.1) is 6.61 Å². The number of piperidine rings is 1. The van der Waals surface area contributed by atoms with Gasteiger partial charge in [-0.3, -0.25) is 0 Å². The molecule has 1 fully saturated rings. The fraction of sp³-hybridized carbons (Fsp3) is 0.643. The molecular weight excluding hydrogens is 212 g/mol. The van der Waals surface area contributed by atoms with E-state index in [1.54, 1.807) is 6.20 Å². The van der Waals surface area contributed by atoms with E-state index in [0.29, 0.717) is 5.41 Å². The first-order chi connectivity index (χ1) is 8.17. The van der Waals surface area contributed by atoms with Crippen LogP contribution in [0.1, 0.15) is 38.7 Å². The van der Waals surface area contributed by atoms with E-state index < -0.39 is 0 Å². The van der Waals surface area contributed by atoms with Crippen molar-refractivity contribution in [3.63, 3.8) is 0 Å². The van der Waals surface area contributed by atoms with Crippen LogP contribution in [-0.4, -0.2) is 23.2 Å². The molecule has 2 rings (SSSR count). The maximum absolute atomic E-state index is 8.99. The summed E-state index contributed by atoms with van der Waals surface area (Å²) in [6.07, 6.45) is 5.51. The van der Waals surface area contributed by atoms with Gasteiger partial charge >= 0.3 is 0 Å². The molecule has 0 aliphatic carbocycles. The standard InChI is InChI=1S/C14H22N2O/c1-3-14(2)6-8-16(9-7-14)13-5-4-12(11-17)10-15-13/h4-5,10,17H,3,6-9,11H2,1-2H3. The van der Waals surface area contributed by atoms with Crippen molar-refractivity contribution in [1.29, 1.82) is 0 Å². The molecule has 0 atom stereocenters. The number of hydrogen-bond acceptors (Lipinski definition) is 3. The third kappa shape index (κ3) is 2.78. The summed E-state index contributed by atoms with van der Waals surface area (Å²) in [4.78, 5) is 6.76. The van der Waals surface area contributed by atoms with Gasteiger partial charge in [0.25, 0.3) is 0 Å². The Morgan fingerprint density at radius 2 is 2.06 bits per heavy atom. The first kappa shape index (κ1) is 12.4. The highest BCUT2D eigenvalue weighted by molar-refractivity contribution is 5.39. The monoisotopic (exact) mass is 234 g/mol. The minimum absolute atomic E-state index is 0.0706. The summed E-state index contributed by atoms with van der Waals surface area (Å²) in [5, 5.41) is 8.99. The summed E-state index contributed by atoms with van der Waals surface area (Å²) >= 11 is 0. The molecule has 0 unspecified atom stereocenters. The Bertz CT molecular complexity index is 353. The quantitative estimate of drug-likeness (QED) is 0.873. The Morgan fingerprint density at radius 3 is 2.53 bits per heavy atom. The van der Waals surface area contributed by atoms with Gasteiger partial charge in [-0.15, -0.1) is 0 Å².